The van der Waals surface area contributed by atoms with Gasteiger partial charge in [-0.15, -0.1) is 0 Å². The van der Waals surface area contributed by atoms with Gasteiger partial charge in [0.25, 0.3) is 0 Å². The zero-order valence-corrected chi connectivity index (χ0v) is 24.6. The molecule has 0 spiro atoms. The van der Waals surface area contributed by atoms with E-state index < -0.39 is 0 Å². The first-order valence-electron chi connectivity index (χ1n) is 16.7. The SMILES string of the molecule is CCCCCCCCCCCCCCCCC(CCCCCCCCCCCCCCCC)N=O. The van der Waals surface area contributed by atoms with Crippen molar-refractivity contribution < 1.29 is 0 Å². The Labute approximate surface area is 222 Å². The van der Waals surface area contributed by atoms with Gasteiger partial charge in [-0.2, -0.15) is 4.91 Å². The molecule has 0 saturated heterocycles. The van der Waals surface area contributed by atoms with Crippen LogP contribution in [0.5, 0.6) is 0 Å². The Balaban J connectivity index is 3.26. The maximum absolute atomic E-state index is 11.2. The lowest BCUT2D eigenvalue weighted by Gasteiger charge is -2.09. The average molecular weight is 494 g/mol. The zero-order chi connectivity index (χ0) is 25.5. The van der Waals surface area contributed by atoms with Crippen LogP contribution in [0.2, 0.25) is 0 Å². The number of unbranched alkanes of at least 4 members (excludes halogenated alkanes) is 26. The third-order valence-corrected chi connectivity index (χ3v) is 7.93. The Morgan fingerprint density at radius 2 is 0.543 bits per heavy atom. The number of hydrogen-bond donors (Lipinski definition) is 0. The van der Waals surface area contributed by atoms with Crippen molar-refractivity contribution in [3.8, 4) is 0 Å². The minimum atomic E-state index is 0.0876. The number of rotatable bonds is 31. The molecule has 210 valence electrons. The molecule has 0 aliphatic carbocycles. The molecule has 0 bridgehead atoms. The molecule has 0 radical (unpaired) electrons. The van der Waals surface area contributed by atoms with Gasteiger partial charge in [-0.05, 0) is 12.8 Å². The number of nitrogens with zero attached hydrogens (tertiary/aromatic N) is 1. The highest BCUT2D eigenvalue weighted by Crippen LogP contribution is 2.18. The highest BCUT2D eigenvalue weighted by Gasteiger charge is 2.08. The maximum Gasteiger partial charge on any atom is 0.0919 e. The van der Waals surface area contributed by atoms with E-state index in [0.29, 0.717) is 0 Å². The van der Waals surface area contributed by atoms with Crippen molar-refractivity contribution in [1.82, 2.24) is 0 Å². The Kier molecular flexibility index (Phi) is 31.3. The smallest absolute Gasteiger partial charge is 0.0919 e. The molecule has 35 heavy (non-hydrogen) atoms. The summed E-state index contributed by atoms with van der Waals surface area (Å²) >= 11 is 0. The maximum atomic E-state index is 11.2. The summed E-state index contributed by atoms with van der Waals surface area (Å²) in [5.41, 5.74) is 0. The van der Waals surface area contributed by atoms with Gasteiger partial charge in [0.1, 0.15) is 0 Å². The van der Waals surface area contributed by atoms with E-state index in [0.717, 1.165) is 12.8 Å². The quantitative estimate of drug-likeness (QED) is 0.0697. The van der Waals surface area contributed by atoms with Crippen LogP contribution >= 0.6 is 0 Å². The molecule has 0 aromatic heterocycles. The van der Waals surface area contributed by atoms with Crippen LogP contribution in [0.15, 0.2) is 5.18 Å². The highest BCUT2D eigenvalue weighted by molar-refractivity contribution is 4.66. The van der Waals surface area contributed by atoms with Crippen molar-refractivity contribution in [1.29, 1.82) is 0 Å². The average Bonchev–Trinajstić information content (AvgIpc) is 2.87. The summed E-state index contributed by atoms with van der Waals surface area (Å²) < 4.78 is 0. The van der Waals surface area contributed by atoms with Crippen LogP contribution in [0.4, 0.5) is 0 Å². The van der Waals surface area contributed by atoms with Crippen LogP contribution < -0.4 is 0 Å². The van der Waals surface area contributed by atoms with Crippen LogP contribution in [0.3, 0.4) is 0 Å². The van der Waals surface area contributed by atoms with E-state index in [1.165, 1.54) is 180 Å². The molecule has 2 nitrogen and oxygen atoms in total. The second-order valence-corrected chi connectivity index (χ2v) is 11.5. The van der Waals surface area contributed by atoms with E-state index in [-0.39, 0.29) is 6.04 Å². The van der Waals surface area contributed by atoms with E-state index in [2.05, 4.69) is 19.0 Å². The minimum Gasteiger partial charge on any atom is -0.151 e. The zero-order valence-electron chi connectivity index (χ0n) is 24.6. The topological polar surface area (TPSA) is 29.4 Å². The summed E-state index contributed by atoms with van der Waals surface area (Å²) in [6, 6.07) is 0.0876. The Bertz CT molecular complexity index is 351. The van der Waals surface area contributed by atoms with Crippen LogP contribution in [0.25, 0.3) is 0 Å². The Morgan fingerprint density at radius 1 is 0.343 bits per heavy atom. The minimum absolute atomic E-state index is 0.0876. The molecular formula is C33H67NO. The summed E-state index contributed by atoms with van der Waals surface area (Å²) in [7, 11) is 0. The molecule has 0 N–H and O–H groups in total. The van der Waals surface area contributed by atoms with Crippen LogP contribution in [0, 0.1) is 4.91 Å². The summed E-state index contributed by atoms with van der Waals surface area (Å²) in [6.45, 7) is 4.58. The van der Waals surface area contributed by atoms with Gasteiger partial charge >= 0.3 is 0 Å². The first kappa shape index (κ1) is 34.6. The summed E-state index contributed by atoms with van der Waals surface area (Å²) in [5.74, 6) is 0. The molecule has 0 heterocycles. The van der Waals surface area contributed by atoms with E-state index in [9.17, 15) is 4.91 Å². The third-order valence-electron chi connectivity index (χ3n) is 7.93. The standard InChI is InChI=1S/C33H67NO/c1-3-5-7-9-11-13-15-17-19-21-23-25-27-29-31-33(34-35)32-30-28-26-24-22-20-18-16-14-12-10-8-6-4-2/h33H,3-32H2,1-2H3. The highest BCUT2D eigenvalue weighted by atomic mass is 16.3. The van der Waals surface area contributed by atoms with Crippen LogP contribution in [-0.2, 0) is 0 Å². The molecule has 2 heteroatoms. The lowest BCUT2D eigenvalue weighted by Crippen LogP contribution is -2.03. The van der Waals surface area contributed by atoms with E-state index in [1.54, 1.807) is 0 Å². The van der Waals surface area contributed by atoms with Gasteiger partial charge in [0.05, 0.1) is 6.04 Å². The molecule has 0 aliphatic rings. The molecule has 0 fully saturated rings. The second-order valence-electron chi connectivity index (χ2n) is 11.5. The first-order chi connectivity index (χ1) is 17.3. The van der Waals surface area contributed by atoms with Crippen molar-refractivity contribution in [2.45, 2.75) is 213 Å². The van der Waals surface area contributed by atoms with Crippen molar-refractivity contribution in [2.75, 3.05) is 0 Å². The summed E-state index contributed by atoms with van der Waals surface area (Å²) in [5, 5.41) is 3.44. The number of hydrogen-bond acceptors (Lipinski definition) is 2. The lowest BCUT2D eigenvalue weighted by molar-refractivity contribution is 0.477. The second kappa shape index (κ2) is 31.6. The van der Waals surface area contributed by atoms with E-state index >= 15 is 0 Å². The number of nitroso groups, excluding NO2 is 1. The molecule has 0 unspecified atom stereocenters. The molecule has 0 rings (SSSR count). The molecule has 0 atom stereocenters. The largest absolute Gasteiger partial charge is 0.151 e. The normalized spacial score (nSPS) is 11.5. The molecule has 0 saturated carbocycles. The van der Waals surface area contributed by atoms with Crippen molar-refractivity contribution in [3.05, 3.63) is 4.91 Å². The van der Waals surface area contributed by atoms with Crippen molar-refractivity contribution in [2.24, 2.45) is 5.18 Å². The molecular weight excluding hydrogens is 426 g/mol. The van der Waals surface area contributed by atoms with Crippen molar-refractivity contribution >= 4 is 0 Å². The third kappa shape index (κ3) is 29.7. The molecule has 0 aromatic rings. The lowest BCUT2D eigenvalue weighted by atomic mass is 10.00. The Hall–Kier alpha value is -0.400. The fourth-order valence-electron chi connectivity index (χ4n) is 5.40. The van der Waals surface area contributed by atoms with Crippen molar-refractivity contribution in [3.63, 3.8) is 0 Å². The Morgan fingerprint density at radius 3 is 0.743 bits per heavy atom. The van der Waals surface area contributed by atoms with Gasteiger partial charge in [-0.3, -0.25) is 0 Å². The summed E-state index contributed by atoms with van der Waals surface area (Å²) in [6.07, 6.45) is 41.0. The molecule has 0 amide bonds. The predicted octanol–water partition coefficient (Wildman–Crippen LogP) is 12.9. The van der Waals surface area contributed by atoms with Gasteiger partial charge in [-0.25, -0.2) is 0 Å². The van der Waals surface area contributed by atoms with Gasteiger partial charge in [-0.1, -0.05) is 199 Å². The first-order valence-corrected chi connectivity index (χ1v) is 16.7. The van der Waals surface area contributed by atoms with Gasteiger partial charge in [0.2, 0.25) is 0 Å². The van der Waals surface area contributed by atoms with Crippen LogP contribution in [0.1, 0.15) is 206 Å². The fourth-order valence-corrected chi connectivity index (χ4v) is 5.40. The van der Waals surface area contributed by atoms with Gasteiger partial charge < -0.3 is 0 Å². The molecule has 0 aliphatic heterocycles. The van der Waals surface area contributed by atoms with Crippen LogP contribution in [-0.4, -0.2) is 6.04 Å². The summed E-state index contributed by atoms with van der Waals surface area (Å²) in [4.78, 5) is 11.2. The fraction of sp³-hybridized carbons (Fsp3) is 1.00. The van der Waals surface area contributed by atoms with Gasteiger partial charge in [0.15, 0.2) is 0 Å². The van der Waals surface area contributed by atoms with E-state index in [1.807, 2.05) is 0 Å². The monoisotopic (exact) mass is 494 g/mol. The predicted molar refractivity (Wildman–Crippen MR) is 159 cm³/mol. The van der Waals surface area contributed by atoms with E-state index in [4.69, 9.17) is 0 Å². The van der Waals surface area contributed by atoms with Gasteiger partial charge in [0, 0.05) is 0 Å². The molecule has 0 aromatic carbocycles.